The predicted molar refractivity (Wildman–Crippen MR) is 121 cm³/mol. The molecule has 0 saturated carbocycles. The average Bonchev–Trinajstić information content (AvgIpc) is 2.99. The first kappa shape index (κ1) is 17.7. The quantitative estimate of drug-likeness (QED) is 0.281. The molecule has 1 aromatic heterocycles. The molecule has 5 nitrogen and oxygen atoms in total. The van der Waals surface area contributed by atoms with Gasteiger partial charge >= 0.3 is 0 Å². The van der Waals surface area contributed by atoms with E-state index in [0.717, 1.165) is 38.2 Å². The van der Waals surface area contributed by atoms with Crippen molar-refractivity contribution in [1.82, 2.24) is 10.4 Å². The highest BCUT2D eigenvalue weighted by Gasteiger charge is 2.21. The van der Waals surface area contributed by atoms with Crippen molar-refractivity contribution in [3.8, 4) is 17.0 Å². The van der Waals surface area contributed by atoms with E-state index in [1.165, 1.54) is 5.56 Å². The smallest absolute Gasteiger partial charge is 0.127 e. The summed E-state index contributed by atoms with van der Waals surface area (Å²) in [6, 6.07) is 21.4. The van der Waals surface area contributed by atoms with Crippen LogP contribution in [-0.2, 0) is 6.42 Å². The first-order valence-corrected chi connectivity index (χ1v) is 10.0. The molecule has 29 heavy (non-hydrogen) atoms. The zero-order valence-corrected chi connectivity index (χ0v) is 16.9. The Kier molecular flexibility index (Phi) is 4.41. The number of phenolic OH excluding ortho intramolecular Hbond substituents is 1. The van der Waals surface area contributed by atoms with Crippen LogP contribution in [0.25, 0.3) is 22.2 Å². The minimum Gasteiger partial charge on any atom is -0.507 e. The number of aromatic hydroxyl groups is 1. The van der Waals surface area contributed by atoms with Crippen molar-refractivity contribution in [3.05, 3.63) is 82.3 Å². The van der Waals surface area contributed by atoms with Crippen LogP contribution in [0.1, 0.15) is 11.1 Å². The molecule has 4 aromatic rings. The molecule has 0 spiro atoms. The van der Waals surface area contributed by atoms with Crippen molar-refractivity contribution in [2.75, 3.05) is 0 Å². The summed E-state index contributed by atoms with van der Waals surface area (Å²) in [6.07, 6.45) is 2.21. The van der Waals surface area contributed by atoms with Gasteiger partial charge in [-0.2, -0.15) is 5.10 Å². The van der Waals surface area contributed by atoms with Crippen LogP contribution >= 0.6 is 15.9 Å². The molecule has 142 valence electrons. The van der Waals surface area contributed by atoms with Crippen LogP contribution in [0.3, 0.4) is 0 Å². The zero-order valence-electron chi connectivity index (χ0n) is 15.4. The molecular formula is C23H17BrN4O. The average molecular weight is 445 g/mol. The Morgan fingerprint density at radius 1 is 1.07 bits per heavy atom. The molecule has 6 heteroatoms. The van der Waals surface area contributed by atoms with E-state index in [1.54, 1.807) is 24.4 Å². The van der Waals surface area contributed by atoms with Crippen molar-refractivity contribution in [3.63, 3.8) is 0 Å². The van der Waals surface area contributed by atoms with Gasteiger partial charge in [-0.1, -0.05) is 46.3 Å². The molecule has 3 aromatic carbocycles. The van der Waals surface area contributed by atoms with E-state index in [1.807, 2.05) is 30.3 Å². The molecule has 3 N–H and O–H groups in total. The van der Waals surface area contributed by atoms with Crippen molar-refractivity contribution >= 4 is 44.6 Å². The Bertz CT molecular complexity index is 1290. The molecule has 0 atom stereocenters. The number of halogens is 1. The van der Waals surface area contributed by atoms with Crippen LogP contribution in [0, 0.1) is 0 Å². The predicted octanol–water partition coefficient (Wildman–Crippen LogP) is 5.51. The highest BCUT2D eigenvalue weighted by molar-refractivity contribution is 9.10. The second-order valence-corrected chi connectivity index (χ2v) is 7.77. The lowest BCUT2D eigenvalue weighted by atomic mass is 10.0. The van der Waals surface area contributed by atoms with Crippen LogP contribution in [0.4, 0.5) is 5.69 Å². The number of para-hydroxylation sites is 2. The number of benzene rings is 3. The number of rotatable bonds is 2. The Hall–Kier alpha value is -3.38. The number of H-pyrrole nitrogens is 1. The summed E-state index contributed by atoms with van der Waals surface area (Å²) in [4.78, 5) is 8.36. The third-order valence-electron chi connectivity index (χ3n) is 4.98. The number of aromatic amines is 1. The first-order chi connectivity index (χ1) is 14.2. The second-order valence-electron chi connectivity index (χ2n) is 6.85. The van der Waals surface area contributed by atoms with Crippen LogP contribution in [-0.4, -0.2) is 22.1 Å². The molecule has 0 saturated heterocycles. The maximum Gasteiger partial charge on any atom is 0.127 e. The molecule has 0 aliphatic carbocycles. The van der Waals surface area contributed by atoms with Gasteiger partial charge in [0.05, 0.1) is 17.6 Å². The minimum absolute atomic E-state index is 0.190. The largest absolute Gasteiger partial charge is 0.507 e. The summed E-state index contributed by atoms with van der Waals surface area (Å²) in [5, 5.41) is 15.4. The number of hydrogen-bond acceptors (Lipinski definition) is 4. The molecular weight excluding hydrogens is 428 g/mol. The Labute approximate surface area is 175 Å². The number of fused-ring (bicyclic) bond motifs is 5. The number of hydrogen-bond donors (Lipinski definition) is 3. The van der Waals surface area contributed by atoms with Crippen LogP contribution in [0.5, 0.6) is 5.75 Å². The number of phenols is 1. The number of aromatic nitrogens is 1. The second kappa shape index (κ2) is 7.22. The molecule has 1 aliphatic rings. The molecule has 0 amide bonds. The lowest BCUT2D eigenvalue weighted by Crippen LogP contribution is -2.19. The van der Waals surface area contributed by atoms with Gasteiger partial charge in [-0.05, 0) is 42.0 Å². The maximum atomic E-state index is 9.91. The van der Waals surface area contributed by atoms with E-state index in [2.05, 4.69) is 49.6 Å². The summed E-state index contributed by atoms with van der Waals surface area (Å²) in [7, 11) is 0. The third kappa shape index (κ3) is 3.32. The molecule has 2 heterocycles. The fraction of sp³-hybridized carbons (Fsp3) is 0.0435. The fourth-order valence-corrected chi connectivity index (χ4v) is 3.97. The molecule has 0 radical (unpaired) electrons. The molecule has 0 unspecified atom stereocenters. The Morgan fingerprint density at radius 2 is 1.90 bits per heavy atom. The number of hydrazone groups is 1. The third-order valence-corrected chi connectivity index (χ3v) is 5.47. The SMILES string of the molecule is Oc1ccccc1/C=N/NC1=Nc2ccccc2-c2[nH]c3ccc(Br)cc3c2C1. The zero-order chi connectivity index (χ0) is 19.8. The standard InChI is InChI=1S/C23H17BrN4O/c24-15-9-10-20-17(11-15)18-12-22(28-25-13-14-5-1-4-8-21(14)29)26-19-7-3-2-6-16(19)23(18)27-20/h1-11,13,27,29H,12H2,(H,26,28)/b25-13+. The summed E-state index contributed by atoms with van der Waals surface area (Å²) in [6.45, 7) is 0. The summed E-state index contributed by atoms with van der Waals surface area (Å²) in [5.74, 6) is 0.929. The van der Waals surface area contributed by atoms with Crippen LogP contribution in [0.2, 0.25) is 0 Å². The van der Waals surface area contributed by atoms with Gasteiger partial charge in [-0.15, -0.1) is 0 Å². The lowest BCUT2D eigenvalue weighted by molar-refractivity contribution is 0.474. The maximum absolute atomic E-state index is 9.91. The van der Waals surface area contributed by atoms with Crippen molar-refractivity contribution < 1.29 is 5.11 Å². The van der Waals surface area contributed by atoms with Gasteiger partial charge in [-0.25, -0.2) is 4.99 Å². The van der Waals surface area contributed by atoms with Gasteiger partial charge in [0, 0.05) is 32.9 Å². The highest BCUT2D eigenvalue weighted by Crippen LogP contribution is 2.39. The minimum atomic E-state index is 0.190. The molecule has 5 rings (SSSR count). The summed E-state index contributed by atoms with van der Waals surface area (Å²) in [5.41, 5.74) is 9.02. The topological polar surface area (TPSA) is 72.8 Å². The fourth-order valence-electron chi connectivity index (χ4n) is 3.61. The van der Waals surface area contributed by atoms with E-state index in [-0.39, 0.29) is 5.75 Å². The Morgan fingerprint density at radius 3 is 2.79 bits per heavy atom. The lowest BCUT2D eigenvalue weighted by Gasteiger charge is -2.05. The van der Waals surface area contributed by atoms with Gasteiger partial charge in [0.15, 0.2) is 0 Å². The van der Waals surface area contributed by atoms with Crippen molar-refractivity contribution in [2.24, 2.45) is 10.1 Å². The molecule has 1 aliphatic heterocycles. The molecule has 0 fully saturated rings. The molecule has 0 bridgehead atoms. The number of nitrogens with zero attached hydrogens (tertiary/aromatic N) is 2. The van der Waals surface area contributed by atoms with E-state index >= 15 is 0 Å². The van der Waals surface area contributed by atoms with Gasteiger partial charge in [0.25, 0.3) is 0 Å². The monoisotopic (exact) mass is 444 g/mol. The van der Waals surface area contributed by atoms with E-state index in [9.17, 15) is 5.11 Å². The van der Waals surface area contributed by atoms with Gasteiger partial charge in [0.1, 0.15) is 11.6 Å². The number of nitrogens with one attached hydrogen (secondary N) is 2. The van der Waals surface area contributed by atoms with E-state index in [4.69, 9.17) is 4.99 Å². The van der Waals surface area contributed by atoms with Crippen molar-refractivity contribution in [1.29, 1.82) is 0 Å². The van der Waals surface area contributed by atoms with E-state index < -0.39 is 0 Å². The van der Waals surface area contributed by atoms with Gasteiger partial charge < -0.3 is 10.1 Å². The van der Waals surface area contributed by atoms with Gasteiger partial charge in [-0.3, -0.25) is 5.43 Å². The normalized spacial score (nSPS) is 13.1. The first-order valence-electron chi connectivity index (χ1n) is 9.23. The van der Waals surface area contributed by atoms with Crippen LogP contribution in [0.15, 0.2) is 81.3 Å². The van der Waals surface area contributed by atoms with Crippen LogP contribution < -0.4 is 5.43 Å². The summed E-state index contributed by atoms with van der Waals surface area (Å²) < 4.78 is 1.04. The van der Waals surface area contributed by atoms with E-state index in [0.29, 0.717) is 12.0 Å². The van der Waals surface area contributed by atoms with Gasteiger partial charge in [0.2, 0.25) is 0 Å². The van der Waals surface area contributed by atoms with Crippen molar-refractivity contribution in [2.45, 2.75) is 6.42 Å². The highest BCUT2D eigenvalue weighted by atomic mass is 79.9. The number of aliphatic imine (C=N–C) groups is 1. The Balaban J connectivity index is 1.57. The summed E-state index contributed by atoms with van der Waals surface area (Å²) >= 11 is 3.58. The number of amidine groups is 1.